The summed E-state index contributed by atoms with van der Waals surface area (Å²) in [6, 6.07) is 1.97. The maximum atomic E-state index is 11.8. The van der Waals surface area contributed by atoms with Gasteiger partial charge in [-0.15, -0.1) is 0 Å². The van der Waals surface area contributed by atoms with E-state index >= 15 is 0 Å². The molecule has 7 nitrogen and oxygen atoms in total. The fourth-order valence-electron chi connectivity index (χ4n) is 4.00. The van der Waals surface area contributed by atoms with Crippen LogP contribution in [0.5, 0.6) is 5.75 Å². The monoisotopic (exact) mass is 367 g/mol. The minimum atomic E-state index is -0.0125. The third-order valence-corrected chi connectivity index (χ3v) is 5.72. The molecule has 2 aliphatic heterocycles. The van der Waals surface area contributed by atoms with Crippen molar-refractivity contribution in [2.24, 2.45) is 5.92 Å². The number of carbonyl (C=O) groups excluding carboxylic acids is 1. The summed E-state index contributed by atoms with van der Waals surface area (Å²) in [6.45, 7) is 5.41. The van der Waals surface area contributed by atoms with Crippen LogP contribution in [0, 0.1) is 12.8 Å². The van der Waals surface area contributed by atoms with Gasteiger partial charge in [0, 0.05) is 32.5 Å². The van der Waals surface area contributed by atoms with Crippen molar-refractivity contribution >= 4 is 11.7 Å². The summed E-state index contributed by atoms with van der Waals surface area (Å²) in [6.07, 6.45) is 8.67. The van der Waals surface area contributed by atoms with Crippen LogP contribution in [0.2, 0.25) is 0 Å². The van der Waals surface area contributed by atoms with Crippen molar-refractivity contribution in [2.45, 2.75) is 51.8 Å². The molecule has 0 unspecified atom stereocenters. The van der Waals surface area contributed by atoms with E-state index < -0.39 is 0 Å². The fourth-order valence-corrected chi connectivity index (χ4v) is 4.00. The smallest absolute Gasteiger partial charge is 0.253 e. The largest absolute Gasteiger partial charge is 0.487 e. The lowest BCUT2D eigenvalue weighted by Crippen LogP contribution is -2.39. The predicted molar refractivity (Wildman–Crippen MR) is 101 cm³/mol. The van der Waals surface area contributed by atoms with Crippen LogP contribution in [0.4, 0.5) is 5.82 Å². The zero-order valence-electron chi connectivity index (χ0n) is 15.6. The number of piperidine rings is 1. The summed E-state index contributed by atoms with van der Waals surface area (Å²) in [5, 5.41) is 7.26. The molecular weight excluding hydrogens is 342 g/mol. The van der Waals surface area contributed by atoms with Gasteiger partial charge in [0.15, 0.2) is 5.75 Å². The van der Waals surface area contributed by atoms with Gasteiger partial charge >= 0.3 is 0 Å². The minimum Gasteiger partial charge on any atom is -0.487 e. The number of nitrogens with one attached hydrogen (secondary N) is 1. The van der Waals surface area contributed by atoms with Crippen molar-refractivity contribution in [2.75, 3.05) is 18.0 Å². The molecule has 1 aliphatic carbocycles. The summed E-state index contributed by atoms with van der Waals surface area (Å²) in [7, 11) is 0. The molecule has 27 heavy (non-hydrogen) atoms. The number of aryl methyl sites for hydroxylation is 1. The Morgan fingerprint density at radius 2 is 2.07 bits per heavy atom. The topological polar surface area (TPSA) is 72.3 Å². The molecule has 0 aromatic carbocycles. The lowest BCUT2D eigenvalue weighted by atomic mass is 10.1. The highest BCUT2D eigenvalue weighted by Crippen LogP contribution is 2.31. The van der Waals surface area contributed by atoms with Gasteiger partial charge in [0.1, 0.15) is 11.9 Å². The van der Waals surface area contributed by atoms with E-state index in [1.165, 1.54) is 12.8 Å². The average Bonchev–Trinajstić information content (AvgIpc) is 3.27. The second-order valence-electron chi connectivity index (χ2n) is 7.95. The van der Waals surface area contributed by atoms with E-state index in [1.54, 1.807) is 0 Å². The van der Waals surface area contributed by atoms with Gasteiger partial charge in [0.2, 0.25) is 0 Å². The van der Waals surface area contributed by atoms with Crippen LogP contribution in [0.1, 0.15) is 47.3 Å². The number of ether oxygens (including phenoxy) is 1. The van der Waals surface area contributed by atoms with Gasteiger partial charge in [-0.25, -0.2) is 4.98 Å². The van der Waals surface area contributed by atoms with E-state index in [9.17, 15) is 4.79 Å². The Morgan fingerprint density at radius 3 is 2.85 bits per heavy atom. The normalized spacial score (nSPS) is 19.9. The Kier molecular flexibility index (Phi) is 4.02. The van der Waals surface area contributed by atoms with Crippen molar-refractivity contribution in [3.63, 3.8) is 0 Å². The predicted octanol–water partition coefficient (Wildman–Crippen LogP) is 2.29. The Labute approximate surface area is 158 Å². The number of fused-ring (bicyclic) bond motifs is 1. The summed E-state index contributed by atoms with van der Waals surface area (Å²) in [4.78, 5) is 18.9. The van der Waals surface area contributed by atoms with Crippen LogP contribution < -0.4 is 15.0 Å². The van der Waals surface area contributed by atoms with Gasteiger partial charge in [-0.2, -0.15) is 5.10 Å². The third kappa shape index (κ3) is 3.38. The molecule has 1 saturated carbocycles. The van der Waals surface area contributed by atoms with Crippen LogP contribution in [0.25, 0.3) is 0 Å². The first-order chi connectivity index (χ1) is 13.2. The molecule has 0 bridgehead atoms. The maximum Gasteiger partial charge on any atom is 0.253 e. The number of pyridine rings is 1. The number of rotatable bonds is 5. The molecule has 1 amide bonds. The highest BCUT2D eigenvalue weighted by atomic mass is 16.5. The molecule has 5 rings (SSSR count). The number of hydrogen-bond donors (Lipinski definition) is 1. The van der Waals surface area contributed by atoms with Crippen molar-refractivity contribution in [1.29, 1.82) is 0 Å². The van der Waals surface area contributed by atoms with Crippen molar-refractivity contribution in [1.82, 2.24) is 20.1 Å². The zero-order valence-corrected chi connectivity index (χ0v) is 15.6. The van der Waals surface area contributed by atoms with Gasteiger partial charge < -0.3 is 15.0 Å². The summed E-state index contributed by atoms with van der Waals surface area (Å²) in [5.41, 5.74) is 2.64. The van der Waals surface area contributed by atoms with E-state index in [0.717, 1.165) is 66.8 Å². The van der Waals surface area contributed by atoms with Gasteiger partial charge in [0.25, 0.3) is 5.91 Å². The minimum absolute atomic E-state index is 0.0125. The van der Waals surface area contributed by atoms with Crippen molar-refractivity contribution < 1.29 is 9.53 Å². The molecule has 142 valence electrons. The van der Waals surface area contributed by atoms with Crippen LogP contribution in [-0.4, -0.2) is 39.9 Å². The summed E-state index contributed by atoms with van der Waals surface area (Å²) < 4.78 is 8.16. The molecular formula is C20H25N5O2. The van der Waals surface area contributed by atoms with Crippen LogP contribution in [-0.2, 0) is 13.1 Å². The van der Waals surface area contributed by atoms with Gasteiger partial charge in [0.05, 0.1) is 30.2 Å². The van der Waals surface area contributed by atoms with Crippen LogP contribution in [0.15, 0.2) is 18.5 Å². The molecule has 3 aliphatic rings. The second-order valence-corrected chi connectivity index (χ2v) is 7.95. The molecule has 4 heterocycles. The number of carbonyl (C=O) groups is 1. The SMILES string of the molecule is Cc1cc2c(nc1N1CCC(Oc3cnn(CC4CC4)c3)CC1)CNC2=O. The second kappa shape index (κ2) is 6.55. The zero-order chi connectivity index (χ0) is 18.4. The van der Waals surface area contributed by atoms with E-state index in [-0.39, 0.29) is 12.0 Å². The number of aromatic nitrogens is 3. The molecule has 1 saturated heterocycles. The fraction of sp³-hybridized carbons (Fsp3) is 0.550. The van der Waals surface area contributed by atoms with E-state index in [2.05, 4.69) is 15.3 Å². The third-order valence-electron chi connectivity index (χ3n) is 5.72. The van der Waals surface area contributed by atoms with Gasteiger partial charge in [-0.05, 0) is 37.3 Å². The molecule has 0 radical (unpaired) electrons. The number of anilines is 1. The lowest BCUT2D eigenvalue weighted by Gasteiger charge is -2.33. The Hall–Kier alpha value is -2.57. The first-order valence-electron chi connectivity index (χ1n) is 9.88. The first kappa shape index (κ1) is 16.6. The number of amides is 1. The van der Waals surface area contributed by atoms with Crippen LogP contribution >= 0.6 is 0 Å². The highest BCUT2D eigenvalue weighted by Gasteiger charge is 2.27. The lowest BCUT2D eigenvalue weighted by molar-refractivity contribution is 0.0965. The molecule has 0 atom stereocenters. The molecule has 2 aromatic heterocycles. The standard InChI is InChI=1S/C20H25N5O2/c1-13-8-17-18(10-21-20(17)26)23-19(13)24-6-4-15(5-7-24)27-16-9-22-25(12-16)11-14-2-3-14/h8-9,12,14-15H,2-7,10-11H2,1H3,(H,21,26). The number of hydrogen-bond acceptors (Lipinski definition) is 5. The Morgan fingerprint density at radius 1 is 1.26 bits per heavy atom. The molecule has 1 N–H and O–H groups in total. The van der Waals surface area contributed by atoms with Crippen molar-refractivity contribution in [3.05, 3.63) is 35.3 Å². The molecule has 0 spiro atoms. The average molecular weight is 367 g/mol. The maximum absolute atomic E-state index is 11.8. The van der Waals surface area contributed by atoms with E-state index in [0.29, 0.717) is 6.54 Å². The van der Waals surface area contributed by atoms with Gasteiger partial charge in [-0.1, -0.05) is 0 Å². The quantitative estimate of drug-likeness (QED) is 0.878. The Balaban J connectivity index is 1.20. The van der Waals surface area contributed by atoms with Crippen LogP contribution in [0.3, 0.4) is 0 Å². The number of nitrogens with zero attached hydrogens (tertiary/aromatic N) is 4. The Bertz CT molecular complexity index is 865. The van der Waals surface area contributed by atoms with E-state index in [4.69, 9.17) is 9.72 Å². The highest BCUT2D eigenvalue weighted by molar-refractivity contribution is 5.98. The first-order valence-corrected chi connectivity index (χ1v) is 9.88. The molecule has 7 heteroatoms. The molecule has 2 fully saturated rings. The van der Waals surface area contributed by atoms with Crippen molar-refractivity contribution in [3.8, 4) is 5.75 Å². The van der Waals surface area contributed by atoms with Gasteiger partial charge in [-0.3, -0.25) is 9.48 Å². The summed E-state index contributed by atoms with van der Waals surface area (Å²) in [5.74, 6) is 2.68. The van der Waals surface area contributed by atoms with E-state index in [1.807, 2.05) is 30.1 Å². The molecule has 2 aromatic rings. The summed E-state index contributed by atoms with van der Waals surface area (Å²) >= 11 is 0.